The highest BCUT2D eigenvalue weighted by Crippen LogP contribution is 2.40. The zero-order valence-corrected chi connectivity index (χ0v) is 12.1. The number of nitrogens with one attached hydrogen (secondary N) is 1. The fraction of sp³-hybridized carbons (Fsp3) is 0.562. The van der Waals surface area contributed by atoms with Crippen LogP contribution in [0.15, 0.2) is 24.3 Å². The SMILES string of the molecule is CC(C)NC(C#N)(COc1ccccc1CO)C1CC1. The van der Waals surface area contributed by atoms with Gasteiger partial charge in [-0.25, -0.2) is 0 Å². The van der Waals surface area contributed by atoms with Gasteiger partial charge >= 0.3 is 0 Å². The van der Waals surface area contributed by atoms with Crippen LogP contribution < -0.4 is 10.1 Å². The Morgan fingerprint density at radius 3 is 2.70 bits per heavy atom. The lowest BCUT2D eigenvalue weighted by Crippen LogP contribution is -2.53. The van der Waals surface area contributed by atoms with Crippen molar-refractivity contribution in [2.24, 2.45) is 5.92 Å². The first kappa shape index (κ1) is 14.8. The summed E-state index contributed by atoms with van der Waals surface area (Å²) in [5.41, 5.74) is 0.121. The van der Waals surface area contributed by atoms with Crippen LogP contribution in [0, 0.1) is 17.2 Å². The van der Waals surface area contributed by atoms with Crippen LogP contribution in [0.1, 0.15) is 32.3 Å². The molecule has 1 aliphatic carbocycles. The molecule has 2 rings (SSSR count). The third-order valence-electron chi connectivity index (χ3n) is 3.62. The number of benzene rings is 1. The lowest BCUT2D eigenvalue weighted by molar-refractivity contribution is 0.187. The largest absolute Gasteiger partial charge is 0.490 e. The van der Waals surface area contributed by atoms with Gasteiger partial charge in [-0.15, -0.1) is 0 Å². The molecule has 1 fully saturated rings. The second-order valence-electron chi connectivity index (χ2n) is 5.71. The zero-order chi connectivity index (χ0) is 14.6. The molecule has 0 bridgehead atoms. The Hall–Kier alpha value is -1.57. The van der Waals surface area contributed by atoms with Crippen molar-refractivity contribution in [3.05, 3.63) is 29.8 Å². The van der Waals surface area contributed by atoms with E-state index in [1.807, 2.05) is 38.1 Å². The molecule has 1 aliphatic rings. The smallest absolute Gasteiger partial charge is 0.144 e. The van der Waals surface area contributed by atoms with Gasteiger partial charge in [-0.1, -0.05) is 18.2 Å². The second kappa shape index (κ2) is 6.25. The van der Waals surface area contributed by atoms with E-state index >= 15 is 0 Å². The van der Waals surface area contributed by atoms with Crippen LogP contribution >= 0.6 is 0 Å². The highest BCUT2D eigenvalue weighted by Gasteiger charge is 2.46. The second-order valence-corrected chi connectivity index (χ2v) is 5.71. The maximum absolute atomic E-state index is 9.60. The van der Waals surface area contributed by atoms with Gasteiger partial charge in [0.2, 0.25) is 0 Å². The molecule has 0 amide bonds. The Labute approximate surface area is 120 Å². The van der Waals surface area contributed by atoms with Crippen LogP contribution in [0.4, 0.5) is 0 Å². The molecular weight excluding hydrogens is 252 g/mol. The van der Waals surface area contributed by atoms with Gasteiger partial charge in [-0.2, -0.15) is 5.26 Å². The van der Waals surface area contributed by atoms with E-state index < -0.39 is 5.54 Å². The molecule has 20 heavy (non-hydrogen) atoms. The molecule has 1 unspecified atom stereocenters. The minimum Gasteiger partial charge on any atom is -0.490 e. The highest BCUT2D eigenvalue weighted by molar-refractivity contribution is 5.33. The van der Waals surface area contributed by atoms with Gasteiger partial charge in [0, 0.05) is 11.6 Å². The minimum atomic E-state index is -0.628. The maximum Gasteiger partial charge on any atom is 0.144 e. The average Bonchev–Trinajstić information content (AvgIpc) is 3.28. The maximum atomic E-state index is 9.60. The Bertz CT molecular complexity index is 491. The van der Waals surface area contributed by atoms with E-state index in [0.29, 0.717) is 18.3 Å². The number of hydrogen-bond donors (Lipinski definition) is 2. The van der Waals surface area contributed by atoms with Crippen LogP contribution in [0.3, 0.4) is 0 Å². The number of rotatable bonds is 7. The fourth-order valence-electron chi connectivity index (χ4n) is 2.49. The first-order valence-electron chi connectivity index (χ1n) is 7.12. The van der Waals surface area contributed by atoms with E-state index in [9.17, 15) is 10.4 Å². The van der Waals surface area contributed by atoms with E-state index in [-0.39, 0.29) is 12.6 Å². The van der Waals surface area contributed by atoms with Gasteiger partial charge < -0.3 is 9.84 Å². The minimum absolute atomic E-state index is 0.0588. The summed E-state index contributed by atoms with van der Waals surface area (Å²) >= 11 is 0. The summed E-state index contributed by atoms with van der Waals surface area (Å²) in [5.74, 6) is 1.01. The molecule has 0 spiro atoms. The fourth-order valence-corrected chi connectivity index (χ4v) is 2.49. The van der Waals surface area contributed by atoms with Crippen molar-refractivity contribution in [3.63, 3.8) is 0 Å². The van der Waals surface area contributed by atoms with Gasteiger partial charge in [0.1, 0.15) is 17.9 Å². The van der Waals surface area contributed by atoms with Crippen LogP contribution in [0.2, 0.25) is 0 Å². The third-order valence-corrected chi connectivity index (χ3v) is 3.62. The molecule has 0 radical (unpaired) electrons. The number of hydrogen-bond acceptors (Lipinski definition) is 4. The molecule has 1 aromatic carbocycles. The van der Waals surface area contributed by atoms with E-state index in [2.05, 4.69) is 11.4 Å². The van der Waals surface area contributed by atoms with Gasteiger partial charge in [0.05, 0.1) is 12.7 Å². The van der Waals surface area contributed by atoms with Crippen molar-refractivity contribution in [2.75, 3.05) is 6.61 Å². The predicted octanol–water partition coefficient (Wildman–Crippen LogP) is 2.23. The lowest BCUT2D eigenvalue weighted by Gasteiger charge is -2.30. The average molecular weight is 274 g/mol. The first-order valence-corrected chi connectivity index (χ1v) is 7.12. The molecule has 4 heteroatoms. The topological polar surface area (TPSA) is 65.3 Å². The van der Waals surface area contributed by atoms with Crippen LogP contribution in [-0.2, 0) is 6.61 Å². The van der Waals surface area contributed by atoms with E-state index in [1.54, 1.807) is 0 Å². The van der Waals surface area contributed by atoms with Crippen molar-refractivity contribution >= 4 is 0 Å². The highest BCUT2D eigenvalue weighted by atomic mass is 16.5. The lowest BCUT2D eigenvalue weighted by atomic mass is 9.95. The quantitative estimate of drug-likeness (QED) is 0.800. The van der Waals surface area contributed by atoms with Gasteiger partial charge in [0.25, 0.3) is 0 Å². The third kappa shape index (κ3) is 3.30. The normalized spacial score (nSPS) is 17.6. The molecule has 2 N–H and O–H groups in total. The van der Waals surface area contributed by atoms with Crippen molar-refractivity contribution in [2.45, 2.75) is 44.9 Å². The predicted molar refractivity (Wildman–Crippen MR) is 77.2 cm³/mol. The Balaban J connectivity index is 2.11. The molecule has 1 saturated carbocycles. The Morgan fingerprint density at radius 1 is 1.45 bits per heavy atom. The van der Waals surface area contributed by atoms with Crippen LogP contribution in [0.5, 0.6) is 5.75 Å². The van der Waals surface area contributed by atoms with Crippen molar-refractivity contribution in [1.29, 1.82) is 5.26 Å². The van der Waals surface area contributed by atoms with Gasteiger partial charge in [-0.3, -0.25) is 5.32 Å². The Kier molecular flexibility index (Phi) is 4.64. The van der Waals surface area contributed by atoms with Crippen LogP contribution in [-0.4, -0.2) is 23.3 Å². The van der Waals surface area contributed by atoms with Crippen LogP contribution in [0.25, 0.3) is 0 Å². The first-order chi connectivity index (χ1) is 9.61. The molecule has 1 aromatic rings. The zero-order valence-electron chi connectivity index (χ0n) is 12.1. The monoisotopic (exact) mass is 274 g/mol. The molecule has 0 aromatic heterocycles. The number of nitriles is 1. The molecular formula is C16H22N2O2. The summed E-state index contributed by atoms with van der Waals surface area (Å²) in [6, 6.07) is 10.0. The molecule has 1 atom stereocenters. The van der Waals surface area contributed by atoms with Gasteiger partial charge in [-0.05, 0) is 38.7 Å². The number of para-hydroxylation sites is 1. The summed E-state index contributed by atoms with van der Waals surface area (Å²) in [7, 11) is 0. The molecule has 0 saturated heterocycles. The summed E-state index contributed by atoms with van der Waals surface area (Å²) < 4.78 is 5.84. The van der Waals surface area contributed by atoms with E-state index in [1.165, 1.54) is 0 Å². The molecule has 0 heterocycles. The van der Waals surface area contributed by atoms with Crippen molar-refractivity contribution in [3.8, 4) is 11.8 Å². The molecule has 108 valence electrons. The van der Waals surface area contributed by atoms with Crippen molar-refractivity contribution in [1.82, 2.24) is 5.32 Å². The molecule has 0 aliphatic heterocycles. The number of nitrogens with zero attached hydrogens (tertiary/aromatic N) is 1. The van der Waals surface area contributed by atoms with E-state index in [0.717, 1.165) is 18.4 Å². The summed E-state index contributed by atoms with van der Waals surface area (Å²) in [5, 5.41) is 22.3. The molecule has 4 nitrogen and oxygen atoms in total. The number of aliphatic hydroxyl groups is 1. The Morgan fingerprint density at radius 2 is 2.15 bits per heavy atom. The van der Waals surface area contributed by atoms with E-state index in [4.69, 9.17) is 4.74 Å². The van der Waals surface area contributed by atoms with Gasteiger partial charge in [0.15, 0.2) is 0 Å². The van der Waals surface area contributed by atoms with Crippen molar-refractivity contribution < 1.29 is 9.84 Å². The summed E-state index contributed by atoms with van der Waals surface area (Å²) in [6.45, 7) is 4.33. The summed E-state index contributed by atoms with van der Waals surface area (Å²) in [6.07, 6.45) is 2.14. The number of aliphatic hydroxyl groups excluding tert-OH is 1. The summed E-state index contributed by atoms with van der Waals surface area (Å²) in [4.78, 5) is 0. The standard InChI is InChI=1S/C16H22N2O2/c1-12(2)18-16(10-17,14-7-8-14)11-20-15-6-4-3-5-13(15)9-19/h3-6,12,14,18-19H,7-9,11H2,1-2H3. The number of ether oxygens (including phenoxy) is 1.